The van der Waals surface area contributed by atoms with E-state index >= 15 is 0 Å². The van der Waals surface area contributed by atoms with Crippen LogP contribution in [0.15, 0.2) is 43.1 Å². The Balaban J connectivity index is 0.000000289. The molecule has 0 aliphatic heterocycles. The lowest BCUT2D eigenvalue weighted by Crippen LogP contribution is -2.33. The number of aliphatic hydroxyl groups excluding tert-OH is 1. The molecule has 0 saturated heterocycles. The van der Waals surface area contributed by atoms with Crippen molar-refractivity contribution in [3.05, 3.63) is 54.2 Å². The van der Waals surface area contributed by atoms with Crippen LogP contribution < -0.4 is 27.5 Å². The Labute approximate surface area is 172 Å². The zero-order valence-corrected chi connectivity index (χ0v) is 18.1. The van der Waals surface area contributed by atoms with Crippen LogP contribution in [0.5, 0.6) is 0 Å². The molecule has 2 heterocycles. The third-order valence-electron chi connectivity index (χ3n) is 2.97. The van der Waals surface area contributed by atoms with Gasteiger partial charge in [0, 0.05) is 42.0 Å². The Hall–Kier alpha value is -1.69. The number of nitrogens with two attached hydrogens (primary N) is 1. The zero-order valence-electron chi connectivity index (χ0n) is 14.1. The van der Waals surface area contributed by atoms with Gasteiger partial charge in [-0.25, -0.2) is 0 Å². The highest BCUT2D eigenvalue weighted by molar-refractivity contribution is 9.10. The van der Waals surface area contributed by atoms with Crippen molar-refractivity contribution in [1.29, 1.82) is 0 Å². The lowest BCUT2D eigenvalue weighted by Gasteiger charge is -2.10. The molecule has 0 atom stereocenters. The standard InChI is InChI=1S/C9H12BrN3O2S.C6H7BrN2O/c1-13-5-6(10)4-7(8(13)15)12-9(16)11-2-3-14;1-9-3-4(7)2-5(8)6(9)10/h4-5,14H,2-3H2,1H3,(H2,11,12,16);2-3H,8H2,1H3. The summed E-state index contributed by atoms with van der Waals surface area (Å²) < 4.78 is 4.47. The van der Waals surface area contributed by atoms with Crippen LogP contribution in [-0.4, -0.2) is 32.5 Å². The van der Waals surface area contributed by atoms with E-state index in [2.05, 4.69) is 42.5 Å². The molecule has 11 heteroatoms. The van der Waals surface area contributed by atoms with Gasteiger partial charge in [0.15, 0.2) is 5.11 Å². The molecule has 0 radical (unpaired) electrons. The van der Waals surface area contributed by atoms with Crippen molar-refractivity contribution in [1.82, 2.24) is 14.5 Å². The first-order chi connectivity index (χ1) is 12.1. The van der Waals surface area contributed by atoms with Gasteiger partial charge in [-0.3, -0.25) is 9.59 Å². The van der Waals surface area contributed by atoms with Gasteiger partial charge in [0.2, 0.25) is 0 Å². The number of pyridine rings is 2. The maximum atomic E-state index is 11.7. The first-order valence-electron chi connectivity index (χ1n) is 7.29. The highest BCUT2D eigenvalue weighted by Crippen LogP contribution is 2.11. The quantitative estimate of drug-likeness (QED) is 0.460. The summed E-state index contributed by atoms with van der Waals surface area (Å²) in [6.45, 7) is 0.332. The number of thiocarbonyl (C=S) groups is 1. The van der Waals surface area contributed by atoms with E-state index in [1.165, 1.54) is 9.13 Å². The topological polar surface area (TPSA) is 114 Å². The van der Waals surface area contributed by atoms with E-state index < -0.39 is 0 Å². The van der Waals surface area contributed by atoms with Crippen LogP contribution in [0.25, 0.3) is 0 Å². The smallest absolute Gasteiger partial charge is 0.274 e. The van der Waals surface area contributed by atoms with Gasteiger partial charge in [0.25, 0.3) is 11.1 Å². The molecule has 142 valence electrons. The van der Waals surface area contributed by atoms with Gasteiger partial charge in [-0.05, 0) is 56.2 Å². The van der Waals surface area contributed by atoms with Crippen molar-refractivity contribution in [3.8, 4) is 0 Å². The molecule has 2 aromatic rings. The highest BCUT2D eigenvalue weighted by atomic mass is 79.9. The van der Waals surface area contributed by atoms with E-state index in [0.29, 0.717) is 17.3 Å². The molecule has 2 rings (SSSR count). The summed E-state index contributed by atoms with van der Waals surface area (Å²) in [7, 11) is 3.31. The molecule has 26 heavy (non-hydrogen) atoms. The number of anilines is 2. The summed E-state index contributed by atoms with van der Waals surface area (Å²) in [5.41, 5.74) is 5.67. The van der Waals surface area contributed by atoms with E-state index in [9.17, 15) is 9.59 Å². The van der Waals surface area contributed by atoms with Crippen molar-refractivity contribution < 1.29 is 5.11 Å². The van der Waals surface area contributed by atoms with Gasteiger partial charge >= 0.3 is 0 Å². The Morgan fingerprint density at radius 3 is 2.23 bits per heavy atom. The molecule has 0 aliphatic carbocycles. The number of hydrogen-bond acceptors (Lipinski definition) is 5. The van der Waals surface area contributed by atoms with Gasteiger partial charge < -0.3 is 30.6 Å². The van der Waals surface area contributed by atoms with E-state index in [4.69, 9.17) is 23.1 Å². The maximum Gasteiger partial charge on any atom is 0.274 e. The fourth-order valence-corrected chi connectivity index (χ4v) is 3.09. The van der Waals surface area contributed by atoms with Crippen LogP contribution >= 0.6 is 44.1 Å². The predicted molar refractivity (Wildman–Crippen MR) is 114 cm³/mol. The number of rotatable bonds is 3. The molecule has 8 nitrogen and oxygen atoms in total. The van der Waals surface area contributed by atoms with E-state index in [0.717, 1.165) is 8.95 Å². The lowest BCUT2D eigenvalue weighted by molar-refractivity contribution is 0.300. The van der Waals surface area contributed by atoms with E-state index in [1.807, 2.05) is 0 Å². The van der Waals surface area contributed by atoms with Gasteiger partial charge in [0.05, 0.1) is 12.3 Å². The fraction of sp³-hybridized carbons (Fsp3) is 0.267. The third-order valence-corrected chi connectivity index (χ3v) is 4.09. The maximum absolute atomic E-state index is 11.7. The monoisotopic (exact) mass is 507 g/mol. The molecular weight excluding hydrogens is 490 g/mol. The average molecular weight is 509 g/mol. The van der Waals surface area contributed by atoms with Crippen molar-refractivity contribution in [3.63, 3.8) is 0 Å². The second-order valence-corrected chi connectivity index (χ2v) is 7.36. The minimum absolute atomic E-state index is 0.0156. The minimum Gasteiger partial charge on any atom is -0.395 e. The number of nitrogens with zero attached hydrogens (tertiary/aromatic N) is 2. The van der Waals surface area contributed by atoms with Crippen LogP contribution in [0.3, 0.4) is 0 Å². The van der Waals surface area contributed by atoms with Crippen LogP contribution in [-0.2, 0) is 14.1 Å². The summed E-state index contributed by atoms with van der Waals surface area (Å²) in [5, 5.41) is 14.4. The highest BCUT2D eigenvalue weighted by Gasteiger charge is 2.04. The van der Waals surface area contributed by atoms with Crippen molar-refractivity contribution in [2.24, 2.45) is 14.1 Å². The van der Waals surface area contributed by atoms with Gasteiger partial charge in [-0.1, -0.05) is 0 Å². The summed E-state index contributed by atoms with van der Waals surface area (Å²) >= 11 is 11.4. The number of aryl methyl sites for hydroxylation is 2. The number of aliphatic hydroxyl groups is 1. The SMILES string of the molecule is Cn1cc(Br)cc(N)c1=O.Cn1cc(Br)cc(NC(=S)NCCO)c1=O. The minimum atomic E-state index is -0.170. The molecule has 0 fully saturated rings. The van der Waals surface area contributed by atoms with Crippen LogP contribution in [0.2, 0.25) is 0 Å². The van der Waals surface area contributed by atoms with Gasteiger partial charge in [-0.15, -0.1) is 0 Å². The molecule has 0 aliphatic rings. The van der Waals surface area contributed by atoms with Gasteiger partial charge in [-0.2, -0.15) is 0 Å². The number of hydrogen-bond donors (Lipinski definition) is 4. The molecular formula is C15H19Br2N5O3S. The zero-order chi connectivity index (χ0) is 19.9. The Bertz CT molecular complexity index is 872. The summed E-state index contributed by atoms with van der Waals surface area (Å²) in [6, 6.07) is 3.23. The summed E-state index contributed by atoms with van der Waals surface area (Å²) in [4.78, 5) is 22.6. The molecule has 0 bridgehead atoms. The summed E-state index contributed by atoms with van der Waals surface area (Å²) in [5.74, 6) is 0. The van der Waals surface area contributed by atoms with E-state index in [1.54, 1.807) is 38.6 Å². The first kappa shape index (κ1) is 22.4. The predicted octanol–water partition coefficient (Wildman–Crippen LogP) is 1.16. The largest absolute Gasteiger partial charge is 0.395 e. The number of aromatic nitrogens is 2. The summed E-state index contributed by atoms with van der Waals surface area (Å²) in [6.07, 6.45) is 3.33. The van der Waals surface area contributed by atoms with Crippen molar-refractivity contribution in [2.75, 3.05) is 24.2 Å². The second kappa shape index (κ2) is 10.5. The lowest BCUT2D eigenvalue weighted by atomic mass is 10.4. The molecule has 0 spiro atoms. The van der Waals surface area contributed by atoms with Crippen LogP contribution in [0.4, 0.5) is 11.4 Å². The fourth-order valence-electron chi connectivity index (χ4n) is 1.79. The molecule has 2 aromatic heterocycles. The Kier molecular flexibility index (Phi) is 8.99. The van der Waals surface area contributed by atoms with Crippen LogP contribution in [0.1, 0.15) is 0 Å². The van der Waals surface area contributed by atoms with Crippen molar-refractivity contribution in [2.45, 2.75) is 0 Å². The normalized spacial score (nSPS) is 9.88. The van der Waals surface area contributed by atoms with Gasteiger partial charge in [0.1, 0.15) is 5.69 Å². The second-order valence-electron chi connectivity index (χ2n) is 5.12. The van der Waals surface area contributed by atoms with Crippen LogP contribution in [0, 0.1) is 0 Å². The molecule has 0 saturated carbocycles. The third kappa shape index (κ3) is 6.90. The van der Waals surface area contributed by atoms with E-state index in [-0.39, 0.29) is 23.4 Å². The molecule has 0 amide bonds. The number of nitrogen functional groups attached to an aromatic ring is 1. The Morgan fingerprint density at radius 1 is 1.15 bits per heavy atom. The Morgan fingerprint density at radius 2 is 1.69 bits per heavy atom. The van der Waals surface area contributed by atoms with Crippen molar-refractivity contribution >= 4 is 60.6 Å². The molecule has 0 unspecified atom stereocenters. The number of nitrogens with one attached hydrogen (secondary N) is 2. The number of halogens is 2. The first-order valence-corrected chi connectivity index (χ1v) is 9.28. The molecule has 5 N–H and O–H groups in total. The average Bonchev–Trinajstić information content (AvgIpc) is 2.55. The molecule has 0 aromatic carbocycles.